The number of hydrogen-bond acceptors (Lipinski definition) is 0. The molecule has 6 unspecified atom stereocenters. The van der Waals surface area contributed by atoms with Gasteiger partial charge in [-0.1, -0.05) is 66.2 Å². The van der Waals surface area contributed by atoms with E-state index < -0.39 is 0 Å². The second kappa shape index (κ2) is 6.31. The van der Waals surface area contributed by atoms with Gasteiger partial charge in [0.1, 0.15) is 0 Å². The van der Waals surface area contributed by atoms with Crippen LogP contribution in [0.25, 0.3) is 0 Å². The summed E-state index contributed by atoms with van der Waals surface area (Å²) in [7, 11) is 0. The van der Waals surface area contributed by atoms with E-state index in [-0.39, 0.29) is 0 Å². The molecule has 0 bridgehead atoms. The average molecular weight is 331 g/mol. The quantitative estimate of drug-likeness (QED) is 0.492. The summed E-state index contributed by atoms with van der Waals surface area (Å²) in [5.41, 5.74) is 1.10. The minimum Gasteiger partial charge on any atom is -0.0617 e. The third-order valence-corrected chi connectivity index (χ3v) is 9.78. The van der Waals surface area contributed by atoms with Gasteiger partial charge in [-0.25, -0.2) is 0 Å². The highest BCUT2D eigenvalue weighted by Crippen LogP contribution is 2.63. The van der Waals surface area contributed by atoms with Crippen molar-refractivity contribution in [2.45, 2.75) is 105 Å². The van der Waals surface area contributed by atoms with Crippen LogP contribution in [-0.4, -0.2) is 0 Å². The first-order chi connectivity index (χ1) is 11.4. The standard InChI is InChI=1S/C24H42/c1-17(24(23(2,3)4)15-6-5-7-16-24)20-13-11-18-9-8-10-19-12-14-21(20)22(18)19/h17-22H,5-16H2,1-4H3. The van der Waals surface area contributed by atoms with Crippen molar-refractivity contribution in [1.82, 2.24) is 0 Å². The van der Waals surface area contributed by atoms with Gasteiger partial charge in [0.05, 0.1) is 0 Å². The van der Waals surface area contributed by atoms with Crippen LogP contribution in [0.15, 0.2) is 0 Å². The molecule has 0 radical (unpaired) electrons. The van der Waals surface area contributed by atoms with Gasteiger partial charge in [-0.15, -0.1) is 0 Å². The molecule has 4 aliphatic carbocycles. The minimum absolute atomic E-state index is 0.480. The van der Waals surface area contributed by atoms with E-state index >= 15 is 0 Å². The molecule has 4 saturated carbocycles. The highest BCUT2D eigenvalue weighted by atomic mass is 14.6. The predicted octanol–water partition coefficient (Wildman–Crippen LogP) is 7.47. The lowest BCUT2D eigenvalue weighted by atomic mass is 9.48. The Morgan fingerprint density at radius 1 is 0.750 bits per heavy atom. The molecule has 0 amide bonds. The molecule has 0 heterocycles. The van der Waals surface area contributed by atoms with Gasteiger partial charge in [0.2, 0.25) is 0 Å². The molecule has 24 heavy (non-hydrogen) atoms. The molecule has 0 saturated heterocycles. The van der Waals surface area contributed by atoms with E-state index in [4.69, 9.17) is 0 Å². The van der Waals surface area contributed by atoms with Gasteiger partial charge in [-0.05, 0) is 84.9 Å². The molecule has 0 nitrogen and oxygen atoms in total. The van der Waals surface area contributed by atoms with Crippen molar-refractivity contribution in [2.24, 2.45) is 46.3 Å². The van der Waals surface area contributed by atoms with Crippen molar-refractivity contribution in [1.29, 1.82) is 0 Å². The Balaban J connectivity index is 1.60. The molecular formula is C24H42. The van der Waals surface area contributed by atoms with Crippen LogP contribution in [0.1, 0.15) is 105 Å². The molecule has 4 fully saturated rings. The highest BCUT2D eigenvalue weighted by molar-refractivity contribution is 5.04. The molecule has 0 N–H and O–H groups in total. The van der Waals surface area contributed by atoms with E-state index in [1.807, 2.05) is 0 Å². The summed E-state index contributed by atoms with van der Waals surface area (Å²) < 4.78 is 0. The molecule has 4 aliphatic rings. The fraction of sp³-hybridized carbons (Fsp3) is 1.00. The smallest absolute Gasteiger partial charge is 0.0220 e. The Bertz CT molecular complexity index is 435. The summed E-state index contributed by atoms with van der Waals surface area (Å²) in [5.74, 6) is 6.49. The summed E-state index contributed by atoms with van der Waals surface area (Å²) in [5, 5.41) is 0. The van der Waals surface area contributed by atoms with Crippen LogP contribution >= 0.6 is 0 Å². The second-order valence-electron chi connectivity index (χ2n) is 11.3. The summed E-state index contributed by atoms with van der Waals surface area (Å²) in [6.45, 7) is 10.4. The lowest BCUT2D eigenvalue weighted by Crippen LogP contribution is -2.49. The Kier molecular flexibility index (Phi) is 4.58. The summed E-state index contributed by atoms with van der Waals surface area (Å²) in [4.78, 5) is 0. The van der Waals surface area contributed by atoms with E-state index in [9.17, 15) is 0 Å². The summed E-state index contributed by atoms with van der Waals surface area (Å²) in [6, 6.07) is 0. The number of hydrogen-bond donors (Lipinski definition) is 0. The lowest BCUT2D eigenvalue weighted by Gasteiger charge is -2.57. The molecule has 0 aromatic carbocycles. The maximum atomic E-state index is 2.71. The predicted molar refractivity (Wildman–Crippen MR) is 104 cm³/mol. The van der Waals surface area contributed by atoms with Crippen LogP contribution < -0.4 is 0 Å². The fourth-order valence-corrected chi connectivity index (χ4v) is 8.61. The molecule has 0 aliphatic heterocycles. The Labute approximate surface area is 151 Å². The van der Waals surface area contributed by atoms with E-state index in [1.165, 1.54) is 32.1 Å². The zero-order valence-electron chi connectivity index (χ0n) is 16.9. The van der Waals surface area contributed by atoms with Crippen molar-refractivity contribution in [2.75, 3.05) is 0 Å². The molecule has 0 aromatic rings. The maximum absolute atomic E-state index is 2.71. The number of rotatable bonds is 2. The maximum Gasteiger partial charge on any atom is -0.0220 e. The topological polar surface area (TPSA) is 0 Å². The van der Waals surface area contributed by atoms with Crippen LogP contribution in [0.5, 0.6) is 0 Å². The Morgan fingerprint density at radius 2 is 1.38 bits per heavy atom. The first kappa shape index (κ1) is 17.4. The summed E-state index contributed by atoms with van der Waals surface area (Å²) in [6.07, 6.45) is 18.5. The zero-order valence-corrected chi connectivity index (χ0v) is 16.9. The summed E-state index contributed by atoms with van der Waals surface area (Å²) >= 11 is 0. The Hall–Kier alpha value is 0. The fourth-order valence-electron chi connectivity index (χ4n) is 8.61. The van der Waals surface area contributed by atoms with Gasteiger partial charge in [0, 0.05) is 0 Å². The van der Waals surface area contributed by atoms with Crippen LogP contribution in [-0.2, 0) is 0 Å². The third-order valence-electron chi connectivity index (χ3n) is 9.78. The molecule has 0 aromatic heterocycles. The minimum atomic E-state index is 0.480. The molecule has 138 valence electrons. The van der Waals surface area contributed by atoms with Crippen LogP contribution in [0.4, 0.5) is 0 Å². The van der Waals surface area contributed by atoms with Gasteiger partial charge < -0.3 is 0 Å². The highest BCUT2D eigenvalue weighted by Gasteiger charge is 2.55. The SMILES string of the molecule is CC(C1CCC2CCCC3CCC1C32)C1(C(C)(C)C)CCCCC1. The first-order valence-electron chi connectivity index (χ1n) is 11.4. The normalized spacial score (nSPS) is 43.2. The van der Waals surface area contributed by atoms with Crippen molar-refractivity contribution in [3.63, 3.8) is 0 Å². The van der Waals surface area contributed by atoms with Gasteiger partial charge in [0.25, 0.3) is 0 Å². The van der Waals surface area contributed by atoms with Gasteiger partial charge in [-0.3, -0.25) is 0 Å². The van der Waals surface area contributed by atoms with Gasteiger partial charge >= 0.3 is 0 Å². The molecule has 4 rings (SSSR count). The van der Waals surface area contributed by atoms with Crippen LogP contribution in [0, 0.1) is 46.3 Å². The van der Waals surface area contributed by atoms with Crippen molar-refractivity contribution < 1.29 is 0 Å². The van der Waals surface area contributed by atoms with E-state index in [2.05, 4.69) is 27.7 Å². The third kappa shape index (κ3) is 2.61. The van der Waals surface area contributed by atoms with E-state index in [0.29, 0.717) is 10.8 Å². The van der Waals surface area contributed by atoms with Crippen molar-refractivity contribution in [3.8, 4) is 0 Å². The first-order valence-corrected chi connectivity index (χ1v) is 11.4. The van der Waals surface area contributed by atoms with Gasteiger partial charge in [0.15, 0.2) is 0 Å². The molecule has 0 heteroatoms. The van der Waals surface area contributed by atoms with Gasteiger partial charge in [-0.2, -0.15) is 0 Å². The van der Waals surface area contributed by atoms with Crippen molar-refractivity contribution >= 4 is 0 Å². The molecular weight excluding hydrogens is 288 g/mol. The van der Waals surface area contributed by atoms with E-state index in [0.717, 1.165) is 35.5 Å². The van der Waals surface area contributed by atoms with E-state index in [1.54, 1.807) is 44.9 Å². The molecule has 0 spiro atoms. The Morgan fingerprint density at radius 3 is 2.00 bits per heavy atom. The zero-order chi connectivity index (χ0) is 16.9. The van der Waals surface area contributed by atoms with Crippen molar-refractivity contribution in [3.05, 3.63) is 0 Å². The second-order valence-corrected chi connectivity index (χ2v) is 11.3. The lowest BCUT2D eigenvalue weighted by molar-refractivity contribution is -0.0781. The monoisotopic (exact) mass is 330 g/mol. The largest absolute Gasteiger partial charge is 0.0617 e. The van der Waals surface area contributed by atoms with Crippen LogP contribution in [0.2, 0.25) is 0 Å². The van der Waals surface area contributed by atoms with Crippen LogP contribution in [0.3, 0.4) is 0 Å². The molecule has 6 atom stereocenters. The average Bonchev–Trinajstić information content (AvgIpc) is 3.00.